The summed E-state index contributed by atoms with van der Waals surface area (Å²) in [5.41, 5.74) is 1.35. The number of sulfone groups is 1. The Balaban J connectivity index is 1.62. The average Bonchev–Trinajstić information content (AvgIpc) is 3.20. The summed E-state index contributed by atoms with van der Waals surface area (Å²) in [7, 11) is -3.33. The van der Waals surface area contributed by atoms with Gasteiger partial charge in [-0.05, 0) is 48.7 Å². The molecular formula is C23H26Cl3N3O4S. The molecule has 7 nitrogen and oxygen atoms in total. The number of amides is 2. The van der Waals surface area contributed by atoms with Crippen molar-refractivity contribution in [2.45, 2.75) is 31.5 Å². The van der Waals surface area contributed by atoms with Crippen LogP contribution in [0, 0.1) is 0 Å². The lowest BCUT2D eigenvalue weighted by Crippen LogP contribution is -2.50. The molecule has 1 fully saturated rings. The fraction of sp³-hybridized carbons (Fsp3) is 0.391. The van der Waals surface area contributed by atoms with Gasteiger partial charge in [0, 0.05) is 42.5 Å². The van der Waals surface area contributed by atoms with Crippen LogP contribution in [0.15, 0.2) is 42.5 Å². The second kappa shape index (κ2) is 11.7. The maximum absolute atomic E-state index is 13.0. The number of benzene rings is 2. The molecule has 0 spiro atoms. The number of hydrogen-bond donors (Lipinski definition) is 2. The molecule has 1 aliphatic heterocycles. The van der Waals surface area contributed by atoms with Crippen molar-refractivity contribution in [1.29, 1.82) is 0 Å². The zero-order valence-electron chi connectivity index (χ0n) is 18.6. The zero-order valence-corrected chi connectivity index (χ0v) is 21.6. The highest BCUT2D eigenvalue weighted by Gasteiger charge is 2.29. The van der Waals surface area contributed by atoms with Crippen molar-refractivity contribution in [3.8, 4) is 0 Å². The van der Waals surface area contributed by atoms with E-state index in [-0.39, 0.29) is 28.8 Å². The molecule has 11 heteroatoms. The molecule has 1 heterocycles. The molecule has 0 radical (unpaired) electrons. The standard InChI is InChI=1S/C23H26Cl3N3O4S/c1-34(32,33)11-9-21(28-22(30)16-4-7-19(25)20(26)12-16)23(31)27-18-8-10-29(14-18)13-15-2-5-17(24)6-3-15/h2-7,12,18,21H,8-11,13-14H2,1H3,(H,27,31)(H,28,30)/t18-,21-/m0/s1. The van der Waals surface area contributed by atoms with Crippen molar-refractivity contribution < 1.29 is 18.0 Å². The predicted molar refractivity (Wildman–Crippen MR) is 135 cm³/mol. The van der Waals surface area contributed by atoms with Crippen molar-refractivity contribution in [1.82, 2.24) is 15.5 Å². The van der Waals surface area contributed by atoms with Gasteiger partial charge in [0.25, 0.3) is 5.91 Å². The molecule has 0 unspecified atom stereocenters. The van der Waals surface area contributed by atoms with Crippen LogP contribution in [0.4, 0.5) is 0 Å². The van der Waals surface area contributed by atoms with Crippen molar-refractivity contribution in [2.75, 3.05) is 25.1 Å². The zero-order chi connectivity index (χ0) is 24.9. The van der Waals surface area contributed by atoms with Gasteiger partial charge in [-0.1, -0.05) is 46.9 Å². The fourth-order valence-corrected chi connectivity index (χ4v) is 4.81. The number of hydrogen-bond acceptors (Lipinski definition) is 5. The van der Waals surface area contributed by atoms with Crippen LogP contribution < -0.4 is 10.6 Å². The Morgan fingerprint density at radius 3 is 2.44 bits per heavy atom. The van der Waals surface area contributed by atoms with E-state index in [9.17, 15) is 18.0 Å². The van der Waals surface area contributed by atoms with Gasteiger partial charge in [0.1, 0.15) is 15.9 Å². The molecule has 2 amide bonds. The van der Waals surface area contributed by atoms with Crippen LogP contribution in [-0.2, 0) is 21.2 Å². The number of rotatable bonds is 9. The van der Waals surface area contributed by atoms with E-state index in [1.807, 2.05) is 24.3 Å². The highest BCUT2D eigenvalue weighted by atomic mass is 35.5. The highest BCUT2D eigenvalue weighted by Crippen LogP contribution is 2.22. The molecule has 0 bridgehead atoms. The summed E-state index contributed by atoms with van der Waals surface area (Å²) in [6, 6.07) is 10.9. The summed E-state index contributed by atoms with van der Waals surface area (Å²) in [5, 5.41) is 6.78. The summed E-state index contributed by atoms with van der Waals surface area (Å²) >= 11 is 17.8. The first-order valence-electron chi connectivity index (χ1n) is 10.7. The Bertz CT molecular complexity index is 1140. The topological polar surface area (TPSA) is 95.6 Å². The van der Waals surface area contributed by atoms with E-state index in [1.165, 1.54) is 18.2 Å². The Morgan fingerprint density at radius 2 is 1.79 bits per heavy atom. The van der Waals surface area contributed by atoms with Gasteiger partial charge in [-0.15, -0.1) is 0 Å². The largest absolute Gasteiger partial charge is 0.350 e. The van der Waals surface area contributed by atoms with Gasteiger partial charge in [-0.2, -0.15) is 0 Å². The van der Waals surface area contributed by atoms with Gasteiger partial charge in [-0.25, -0.2) is 8.42 Å². The molecule has 3 rings (SSSR count). The SMILES string of the molecule is CS(=O)(=O)CC[C@H](NC(=O)c1ccc(Cl)c(Cl)c1)C(=O)N[C@H]1CCN(Cc2ccc(Cl)cc2)C1. The molecule has 184 valence electrons. The molecule has 34 heavy (non-hydrogen) atoms. The van der Waals surface area contributed by atoms with E-state index in [2.05, 4.69) is 15.5 Å². The van der Waals surface area contributed by atoms with Crippen LogP contribution in [0.2, 0.25) is 15.1 Å². The Hall–Kier alpha value is -1.84. The van der Waals surface area contributed by atoms with E-state index < -0.39 is 27.7 Å². The monoisotopic (exact) mass is 545 g/mol. The number of carbonyl (C=O) groups excluding carboxylic acids is 2. The Labute approximate surface area is 214 Å². The van der Waals surface area contributed by atoms with Gasteiger partial charge < -0.3 is 10.6 Å². The van der Waals surface area contributed by atoms with Crippen molar-refractivity contribution in [2.24, 2.45) is 0 Å². The lowest BCUT2D eigenvalue weighted by molar-refractivity contribution is -0.123. The summed E-state index contributed by atoms with van der Waals surface area (Å²) < 4.78 is 23.4. The van der Waals surface area contributed by atoms with E-state index in [4.69, 9.17) is 34.8 Å². The highest BCUT2D eigenvalue weighted by molar-refractivity contribution is 7.90. The minimum absolute atomic E-state index is 0.0427. The van der Waals surface area contributed by atoms with Gasteiger partial charge in [0.2, 0.25) is 5.91 Å². The molecule has 1 saturated heterocycles. The summed E-state index contributed by atoms with van der Waals surface area (Å²) in [6.07, 6.45) is 1.80. The van der Waals surface area contributed by atoms with Gasteiger partial charge in [0.05, 0.1) is 15.8 Å². The van der Waals surface area contributed by atoms with Crippen molar-refractivity contribution in [3.63, 3.8) is 0 Å². The third-order valence-corrected chi connectivity index (χ3v) is 7.49. The lowest BCUT2D eigenvalue weighted by atomic mass is 10.1. The number of halogens is 3. The lowest BCUT2D eigenvalue weighted by Gasteiger charge is -2.22. The molecule has 1 aliphatic rings. The Morgan fingerprint density at radius 1 is 1.09 bits per heavy atom. The molecule has 2 aromatic rings. The van der Waals surface area contributed by atoms with Crippen LogP contribution in [0.5, 0.6) is 0 Å². The van der Waals surface area contributed by atoms with E-state index >= 15 is 0 Å². The van der Waals surface area contributed by atoms with Crippen LogP contribution in [0.1, 0.15) is 28.8 Å². The molecule has 0 aromatic heterocycles. The van der Waals surface area contributed by atoms with E-state index in [1.54, 1.807) is 0 Å². The van der Waals surface area contributed by atoms with Crippen LogP contribution in [-0.4, -0.2) is 62.3 Å². The predicted octanol–water partition coefficient (Wildman–Crippen LogP) is 3.57. The summed E-state index contributed by atoms with van der Waals surface area (Å²) in [6.45, 7) is 2.18. The van der Waals surface area contributed by atoms with Gasteiger partial charge >= 0.3 is 0 Å². The fourth-order valence-electron chi connectivity index (χ4n) is 3.72. The summed E-state index contributed by atoms with van der Waals surface area (Å²) in [5.74, 6) is -1.20. The molecule has 0 saturated carbocycles. The van der Waals surface area contributed by atoms with Crippen LogP contribution in [0.25, 0.3) is 0 Å². The molecule has 2 atom stereocenters. The second-order valence-corrected chi connectivity index (χ2v) is 11.9. The van der Waals surface area contributed by atoms with Crippen molar-refractivity contribution in [3.05, 3.63) is 68.7 Å². The van der Waals surface area contributed by atoms with E-state index in [0.29, 0.717) is 16.6 Å². The maximum atomic E-state index is 13.0. The van der Waals surface area contributed by atoms with Gasteiger partial charge in [0.15, 0.2) is 0 Å². The molecule has 2 aromatic carbocycles. The van der Waals surface area contributed by atoms with Crippen LogP contribution in [0.3, 0.4) is 0 Å². The van der Waals surface area contributed by atoms with Crippen LogP contribution >= 0.6 is 34.8 Å². The first-order chi connectivity index (χ1) is 16.0. The first-order valence-corrected chi connectivity index (χ1v) is 13.9. The number of carbonyl (C=O) groups is 2. The Kier molecular flexibility index (Phi) is 9.23. The second-order valence-electron chi connectivity index (χ2n) is 8.43. The minimum Gasteiger partial charge on any atom is -0.350 e. The third-order valence-electron chi connectivity index (χ3n) is 5.52. The quantitative estimate of drug-likeness (QED) is 0.501. The van der Waals surface area contributed by atoms with Gasteiger partial charge in [-0.3, -0.25) is 14.5 Å². The summed E-state index contributed by atoms with van der Waals surface area (Å²) in [4.78, 5) is 27.9. The minimum atomic E-state index is -3.33. The number of likely N-dealkylation sites (tertiary alicyclic amines) is 1. The normalized spacial score (nSPS) is 17.4. The molecule has 0 aliphatic carbocycles. The molecule has 2 N–H and O–H groups in total. The number of nitrogens with one attached hydrogen (secondary N) is 2. The molecular weight excluding hydrogens is 521 g/mol. The first kappa shape index (κ1) is 26.8. The smallest absolute Gasteiger partial charge is 0.251 e. The average molecular weight is 547 g/mol. The third kappa shape index (κ3) is 8.13. The number of nitrogens with zero attached hydrogens (tertiary/aromatic N) is 1. The van der Waals surface area contributed by atoms with Crippen molar-refractivity contribution >= 4 is 56.5 Å². The maximum Gasteiger partial charge on any atom is 0.251 e. The van der Waals surface area contributed by atoms with E-state index in [0.717, 1.165) is 31.3 Å².